The van der Waals surface area contributed by atoms with E-state index in [2.05, 4.69) is 38.2 Å². The van der Waals surface area contributed by atoms with Crippen LogP contribution in [0.4, 0.5) is 4.79 Å². The molecule has 0 heterocycles. The molecule has 0 unspecified atom stereocenters. The molecule has 3 heteroatoms. The van der Waals surface area contributed by atoms with Crippen LogP contribution in [0.25, 0.3) is 0 Å². The fraction of sp³-hybridized carbons (Fsp3) is 0.611. The van der Waals surface area contributed by atoms with E-state index < -0.39 is 0 Å². The molecule has 1 amide bonds. The molecule has 114 valence electrons. The summed E-state index contributed by atoms with van der Waals surface area (Å²) >= 11 is 1.39. The van der Waals surface area contributed by atoms with E-state index in [-0.39, 0.29) is 10.7 Å². The second-order valence-electron chi connectivity index (χ2n) is 7.37. The molecule has 0 saturated heterocycles. The summed E-state index contributed by atoms with van der Waals surface area (Å²) in [5.74, 6) is 1.52. The number of hydrogen-bond donors (Lipinski definition) is 1. The van der Waals surface area contributed by atoms with E-state index in [1.165, 1.54) is 30.2 Å². The van der Waals surface area contributed by atoms with Crippen LogP contribution in [0.1, 0.15) is 45.6 Å². The van der Waals surface area contributed by atoms with Crippen LogP contribution in [0, 0.1) is 16.7 Å². The summed E-state index contributed by atoms with van der Waals surface area (Å²) in [7, 11) is 0. The molecule has 0 spiro atoms. The molecule has 2 aliphatic rings. The molecule has 21 heavy (non-hydrogen) atoms. The van der Waals surface area contributed by atoms with Crippen molar-refractivity contribution in [3.63, 3.8) is 0 Å². The van der Waals surface area contributed by atoms with Crippen LogP contribution in [-0.2, 0) is 5.75 Å². The maximum atomic E-state index is 12.3. The van der Waals surface area contributed by atoms with Crippen LogP contribution in [0.5, 0.6) is 0 Å². The van der Waals surface area contributed by atoms with E-state index >= 15 is 0 Å². The lowest BCUT2D eigenvalue weighted by Crippen LogP contribution is -2.45. The maximum absolute atomic E-state index is 12.3. The Hall–Kier alpha value is -0.960. The first kappa shape index (κ1) is 15.0. The van der Waals surface area contributed by atoms with Crippen molar-refractivity contribution in [3.05, 3.63) is 35.9 Å². The van der Waals surface area contributed by atoms with Crippen molar-refractivity contribution in [1.29, 1.82) is 0 Å². The van der Waals surface area contributed by atoms with E-state index in [1.54, 1.807) is 0 Å². The Labute approximate surface area is 132 Å². The first-order valence-electron chi connectivity index (χ1n) is 7.91. The number of carbonyl (C=O) groups is 1. The topological polar surface area (TPSA) is 29.1 Å². The molecule has 0 aliphatic heterocycles. The summed E-state index contributed by atoms with van der Waals surface area (Å²) in [6.07, 6.45) is 3.73. The predicted molar refractivity (Wildman–Crippen MR) is 89.3 cm³/mol. The molecule has 0 radical (unpaired) electrons. The summed E-state index contributed by atoms with van der Waals surface area (Å²) in [5, 5.41) is 3.43. The van der Waals surface area contributed by atoms with Gasteiger partial charge in [0.1, 0.15) is 0 Å². The Morgan fingerprint density at radius 3 is 2.57 bits per heavy atom. The van der Waals surface area contributed by atoms with Crippen molar-refractivity contribution in [1.82, 2.24) is 5.32 Å². The van der Waals surface area contributed by atoms with Gasteiger partial charge in [0.05, 0.1) is 0 Å². The largest absolute Gasteiger partial charge is 0.344 e. The first-order chi connectivity index (χ1) is 9.93. The molecule has 3 rings (SSSR count). The fourth-order valence-corrected chi connectivity index (χ4v) is 5.04. The molecule has 2 fully saturated rings. The van der Waals surface area contributed by atoms with Gasteiger partial charge < -0.3 is 5.32 Å². The number of amides is 1. The normalized spacial score (nSPS) is 33.1. The second-order valence-corrected chi connectivity index (χ2v) is 8.32. The average Bonchev–Trinajstić information content (AvgIpc) is 2.79. The Morgan fingerprint density at radius 2 is 2.00 bits per heavy atom. The van der Waals surface area contributed by atoms with Gasteiger partial charge in [-0.15, -0.1) is 0 Å². The van der Waals surface area contributed by atoms with Crippen molar-refractivity contribution in [2.75, 3.05) is 0 Å². The molecule has 1 aromatic carbocycles. The first-order valence-corrected chi connectivity index (χ1v) is 8.89. The van der Waals surface area contributed by atoms with Gasteiger partial charge in [0, 0.05) is 11.8 Å². The van der Waals surface area contributed by atoms with Gasteiger partial charge in [-0.2, -0.15) is 0 Å². The van der Waals surface area contributed by atoms with Crippen molar-refractivity contribution in [2.24, 2.45) is 16.7 Å². The van der Waals surface area contributed by atoms with Crippen molar-refractivity contribution in [2.45, 2.75) is 51.8 Å². The number of carbonyl (C=O) groups excluding carboxylic acids is 1. The highest BCUT2D eigenvalue weighted by atomic mass is 32.2. The van der Waals surface area contributed by atoms with Gasteiger partial charge in [-0.25, -0.2) is 0 Å². The quantitative estimate of drug-likeness (QED) is 0.865. The van der Waals surface area contributed by atoms with Gasteiger partial charge in [0.2, 0.25) is 0 Å². The zero-order valence-corrected chi connectivity index (χ0v) is 14.0. The van der Waals surface area contributed by atoms with Gasteiger partial charge in [-0.1, -0.05) is 62.9 Å². The molecule has 1 N–H and O–H groups in total. The smallest absolute Gasteiger partial charge is 0.279 e. The van der Waals surface area contributed by atoms with Gasteiger partial charge in [0.25, 0.3) is 5.24 Å². The van der Waals surface area contributed by atoms with Crippen molar-refractivity contribution in [3.8, 4) is 0 Å². The van der Waals surface area contributed by atoms with Gasteiger partial charge in [-0.05, 0) is 41.6 Å². The lowest BCUT2D eigenvalue weighted by Gasteiger charge is -2.39. The third-order valence-corrected chi connectivity index (χ3v) is 7.16. The summed E-state index contributed by atoms with van der Waals surface area (Å²) in [6, 6.07) is 10.5. The SMILES string of the molecule is CC1(C)[C@H]2CC[C@@]1(C)[C@@H](NC(=O)SCc1ccccc1)C2. The maximum Gasteiger partial charge on any atom is 0.279 e. The number of fused-ring (bicyclic) bond motifs is 2. The molecule has 3 atom stereocenters. The van der Waals surface area contributed by atoms with Crippen LogP contribution >= 0.6 is 11.8 Å². The number of nitrogens with one attached hydrogen (secondary N) is 1. The van der Waals surface area contributed by atoms with Crippen LogP contribution in [0.15, 0.2) is 30.3 Å². The summed E-state index contributed by atoms with van der Waals surface area (Å²) in [4.78, 5) is 12.3. The second kappa shape index (κ2) is 5.35. The Bertz CT molecular complexity index is 527. The summed E-state index contributed by atoms with van der Waals surface area (Å²) < 4.78 is 0. The highest BCUT2D eigenvalue weighted by Gasteiger charge is 2.61. The number of benzene rings is 1. The highest BCUT2D eigenvalue weighted by molar-refractivity contribution is 8.12. The standard InChI is InChI=1S/C18H25NOS/c1-17(2)14-9-10-18(17,3)15(11-14)19-16(20)21-12-13-7-5-4-6-8-13/h4-8,14-15H,9-12H2,1-3H3,(H,19,20)/t14-,15-,18-/m0/s1. The van der Waals surface area contributed by atoms with Gasteiger partial charge >= 0.3 is 0 Å². The molecule has 2 nitrogen and oxygen atoms in total. The predicted octanol–water partition coefficient (Wildman–Crippen LogP) is 4.84. The van der Waals surface area contributed by atoms with Crippen LogP contribution < -0.4 is 5.32 Å². The highest BCUT2D eigenvalue weighted by Crippen LogP contribution is 2.65. The molecule has 2 aliphatic carbocycles. The minimum Gasteiger partial charge on any atom is -0.344 e. The lowest BCUT2D eigenvalue weighted by atomic mass is 9.69. The minimum absolute atomic E-state index is 0.133. The minimum atomic E-state index is 0.133. The molecule has 2 bridgehead atoms. The zero-order chi connectivity index (χ0) is 15.1. The number of rotatable bonds is 3. The Kier molecular flexibility index (Phi) is 3.81. The Balaban J connectivity index is 1.57. The lowest BCUT2D eigenvalue weighted by molar-refractivity contribution is 0.126. The van der Waals surface area contributed by atoms with Crippen LogP contribution in [0.2, 0.25) is 0 Å². The van der Waals surface area contributed by atoms with E-state index in [0.29, 0.717) is 11.5 Å². The van der Waals surface area contributed by atoms with E-state index in [4.69, 9.17) is 0 Å². The van der Waals surface area contributed by atoms with Gasteiger partial charge in [-0.3, -0.25) is 4.79 Å². The molecular weight excluding hydrogens is 278 g/mol. The van der Waals surface area contributed by atoms with E-state index in [9.17, 15) is 4.79 Å². The third kappa shape index (κ3) is 2.50. The zero-order valence-electron chi connectivity index (χ0n) is 13.2. The summed E-state index contributed by atoms with van der Waals surface area (Å²) in [6.45, 7) is 7.13. The molecule has 0 aromatic heterocycles. The van der Waals surface area contributed by atoms with Crippen LogP contribution in [-0.4, -0.2) is 11.3 Å². The van der Waals surface area contributed by atoms with Gasteiger partial charge in [0.15, 0.2) is 0 Å². The molecule has 1 aromatic rings. The van der Waals surface area contributed by atoms with Crippen molar-refractivity contribution < 1.29 is 4.79 Å². The fourth-order valence-electron chi connectivity index (χ4n) is 4.33. The van der Waals surface area contributed by atoms with Crippen molar-refractivity contribution >= 4 is 17.0 Å². The Morgan fingerprint density at radius 1 is 1.29 bits per heavy atom. The van der Waals surface area contributed by atoms with E-state index in [0.717, 1.165) is 18.1 Å². The average molecular weight is 303 g/mol. The summed E-state index contributed by atoms with van der Waals surface area (Å²) in [5.41, 5.74) is 1.83. The number of hydrogen-bond acceptors (Lipinski definition) is 2. The molecular formula is C18H25NOS. The number of thioether (sulfide) groups is 1. The monoisotopic (exact) mass is 303 g/mol. The van der Waals surface area contributed by atoms with Crippen LogP contribution in [0.3, 0.4) is 0 Å². The molecule has 2 saturated carbocycles. The third-order valence-electron chi connectivity index (χ3n) is 6.30. The van der Waals surface area contributed by atoms with E-state index in [1.807, 2.05) is 18.2 Å².